The van der Waals surface area contributed by atoms with Gasteiger partial charge in [-0.1, -0.05) is 30.3 Å². The van der Waals surface area contributed by atoms with E-state index in [0.29, 0.717) is 32.5 Å². The first-order valence-corrected chi connectivity index (χ1v) is 8.94. The second-order valence-electron chi connectivity index (χ2n) is 6.38. The van der Waals surface area contributed by atoms with E-state index in [9.17, 15) is 4.79 Å². The normalized spacial score (nSPS) is 16.5. The van der Waals surface area contributed by atoms with Gasteiger partial charge in [0.05, 0.1) is 12.7 Å². The van der Waals surface area contributed by atoms with E-state index in [0.717, 1.165) is 23.4 Å². The predicted octanol–water partition coefficient (Wildman–Crippen LogP) is 3.26. The number of carbonyl (C=O) groups is 1. The maximum Gasteiger partial charge on any atom is 0.228 e. The lowest BCUT2D eigenvalue weighted by molar-refractivity contribution is -0.117. The average molecular weight is 349 g/mol. The molecule has 0 aromatic heterocycles. The van der Waals surface area contributed by atoms with Crippen LogP contribution in [0, 0.1) is 11.3 Å². The molecule has 5 heteroatoms. The summed E-state index contributed by atoms with van der Waals surface area (Å²) in [6.45, 7) is 1.93. The standard InChI is InChI=1S/C21H23N3O2/c22-11-4-5-12-26-20-10-6-7-17(13-20)15-23-18-14-21(25)24(16-18)19-8-2-1-3-9-19/h1-3,6-10,13,18,23H,4-5,12,14-16H2. The maximum atomic E-state index is 12.3. The summed E-state index contributed by atoms with van der Waals surface area (Å²) in [4.78, 5) is 14.1. The Morgan fingerprint density at radius 2 is 2.04 bits per heavy atom. The van der Waals surface area contributed by atoms with Gasteiger partial charge in [0.25, 0.3) is 0 Å². The van der Waals surface area contributed by atoms with E-state index < -0.39 is 0 Å². The Kier molecular flexibility index (Phi) is 6.24. The van der Waals surface area contributed by atoms with Crippen LogP contribution < -0.4 is 15.0 Å². The number of nitriles is 1. The minimum absolute atomic E-state index is 0.142. The molecule has 5 nitrogen and oxygen atoms in total. The number of benzene rings is 2. The van der Waals surface area contributed by atoms with Crippen molar-refractivity contribution in [1.29, 1.82) is 5.26 Å². The van der Waals surface area contributed by atoms with Gasteiger partial charge in [-0.2, -0.15) is 5.26 Å². The number of ether oxygens (including phenoxy) is 1. The second kappa shape index (κ2) is 9.02. The minimum atomic E-state index is 0.142. The van der Waals surface area contributed by atoms with Gasteiger partial charge in [0, 0.05) is 37.7 Å². The van der Waals surface area contributed by atoms with Crippen LogP contribution in [0.25, 0.3) is 0 Å². The van der Waals surface area contributed by atoms with Crippen LogP contribution in [0.1, 0.15) is 24.8 Å². The van der Waals surface area contributed by atoms with E-state index in [1.165, 1.54) is 0 Å². The number of anilines is 1. The molecule has 1 amide bonds. The summed E-state index contributed by atoms with van der Waals surface area (Å²) in [7, 11) is 0. The number of unbranched alkanes of at least 4 members (excludes halogenated alkanes) is 1. The maximum absolute atomic E-state index is 12.3. The molecule has 0 bridgehead atoms. The number of para-hydroxylation sites is 1. The number of carbonyl (C=O) groups excluding carboxylic acids is 1. The first-order valence-electron chi connectivity index (χ1n) is 8.94. The van der Waals surface area contributed by atoms with Crippen molar-refractivity contribution in [2.24, 2.45) is 0 Å². The van der Waals surface area contributed by atoms with Crippen molar-refractivity contribution in [1.82, 2.24) is 5.32 Å². The average Bonchev–Trinajstić information content (AvgIpc) is 3.05. The van der Waals surface area contributed by atoms with Gasteiger partial charge in [-0.3, -0.25) is 4.79 Å². The van der Waals surface area contributed by atoms with Gasteiger partial charge in [0.2, 0.25) is 5.91 Å². The Bertz CT molecular complexity index is 770. The number of amides is 1. The zero-order chi connectivity index (χ0) is 18.2. The molecule has 2 aromatic rings. The van der Waals surface area contributed by atoms with E-state index in [1.54, 1.807) is 0 Å². The molecule has 1 unspecified atom stereocenters. The van der Waals surface area contributed by atoms with Crippen LogP contribution in [0.15, 0.2) is 54.6 Å². The van der Waals surface area contributed by atoms with Gasteiger partial charge in [0.15, 0.2) is 0 Å². The Morgan fingerprint density at radius 3 is 2.85 bits per heavy atom. The van der Waals surface area contributed by atoms with Crippen LogP contribution in [-0.4, -0.2) is 25.1 Å². The van der Waals surface area contributed by atoms with Crippen LogP contribution in [0.2, 0.25) is 0 Å². The molecule has 134 valence electrons. The highest BCUT2D eigenvalue weighted by atomic mass is 16.5. The van der Waals surface area contributed by atoms with E-state index in [1.807, 2.05) is 59.5 Å². The van der Waals surface area contributed by atoms with Crippen molar-refractivity contribution >= 4 is 11.6 Å². The Balaban J connectivity index is 1.50. The summed E-state index contributed by atoms with van der Waals surface area (Å²) in [6, 6.07) is 20.0. The molecule has 0 aliphatic carbocycles. The fourth-order valence-electron chi connectivity index (χ4n) is 3.05. The topological polar surface area (TPSA) is 65.4 Å². The third-order valence-electron chi connectivity index (χ3n) is 4.39. The number of nitrogens with one attached hydrogen (secondary N) is 1. The molecular formula is C21H23N3O2. The van der Waals surface area contributed by atoms with Crippen molar-refractivity contribution in [3.8, 4) is 11.8 Å². The number of rotatable bonds is 8. The summed E-state index contributed by atoms with van der Waals surface area (Å²) < 4.78 is 5.67. The van der Waals surface area contributed by atoms with Gasteiger partial charge in [-0.15, -0.1) is 0 Å². The molecule has 0 radical (unpaired) electrons. The zero-order valence-electron chi connectivity index (χ0n) is 14.7. The molecule has 1 saturated heterocycles. The fourth-order valence-corrected chi connectivity index (χ4v) is 3.05. The minimum Gasteiger partial charge on any atom is -0.494 e. The summed E-state index contributed by atoms with van der Waals surface area (Å²) in [6.07, 6.45) is 1.76. The van der Waals surface area contributed by atoms with Crippen molar-refractivity contribution in [3.63, 3.8) is 0 Å². The summed E-state index contributed by atoms with van der Waals surface area (Å²) >= 11 is 0. The first-order chi connectivity index (χ1) is 12.8. The lowest BCUT2D eigenvalue weighted by atomic mass is 10.2. The predicted molar refractivity (Wildman–Crippen MR) is 101 cm³/mol. The molecule has 1 heterocycles. The number of hydrogen-bond acceptors (Lipinski definition) is 4. The number of nitrogens with zero attached hydrogens (tertiary/aromatic N) is 2. The monoisotopic (exact) mass is 349 g/mol. The number of hydrogen-bond donors (Lipinski definition) is 1. The molecule has 1 fully saturated rings. The third-order valence-corrected chi connectivity index (χ3v) is 4.39. The lowest BCUT2D eigenvalue weighted by Crippen LogP contribution is -2.32. The molecule has 0 spiro atoms. The van der Waals surface area contributed by atoms with Gasteiger partial charge < -0.3 is 15.0 Å². The Labute approximate surface area is 154 Å². The molecular weight excluding hydrogens is 326 g/mol. The highest BCUT2D eigenvalue weighted by Gasteiger charge is 2.29. The van der Waals surface area contributed by atoms with Crippen molar-refractivity contribution < 1.29 is 9.53 Å². The summed E-state index contributed by atoms with van der Waals surface area (Å²) in [5.74, 6) is 0.971. The second-order valence-corrected chi connectivity index (χ2v) is 6.38. The van der Waals surface area contributed by atoms with E-state index in [4.69, 9.17) is 10.00 Å². The van der Waals surface area contributed by atoms with Crippen molar-refractivity contribution in [2.75, 3.05) is 18.1 Å². The molecule has 0 saturated carbocycles. The third kappa shape index (κ3) is 4.84. The van der Waals surface area contributed by atoms with E-state index in [2.05, 4.69) is 11.4 Å². The quantitative estimate of drug-likeness (QED) is 0.743. The molecule has 3 rings (SSSR count). The molecule has 1 aliphatic rings. The SMILES string of the molecule is N#CCCCOc1cccc(CNC2CC(=O)N(c3ccccc3)C2)c1. The van der Waals surface area contributed by atoms with Gasteiger partial charge in [-0.25, -0.2) is 0 Å². The Morgan fingerprint density at radius 1 is 1.19 bits per heavy atom. The molecule has 26 heavy (non-hydrogen) atoms. The lowest BCUT2D eigenvalue weighted by Gasteiger charge is -2.17. The fraction of sp³-hybridized carbons (Fsp3) is 0.333. The summed E-state index contributed by atoms with van der Waals surface area (Å²) in [5, 5.41) is 12.0. The van der Waals surface area contributed by atoms with Crippen molar-refractivity contribution in [2.45, 2.75) is 31.8 Å². The van der Waals surface area contributed by atoms with Crippen LogP contribution in [0.4, 0.5) is 5.69 Å². The van der Waals surface area contributed by atoms with Gasteiger partial charge in [0.1, 0.15) is 5.75 Å². The smallest absolute Gasteiger partial charge is 0.228 e. The van der Waals surface area contributed by atoms with Crippen molar-refractivity contribution in [3.05, 3.63) is 60.2 Å². The van der Waals surface area contributed by atoms with Crippen LogP contribution >= 0.6 is 0 Å². The van der Waals surface area contributed by atoms with Crippen LogP contribution in [0.3, 0.4) is 0 Å². The van der Waals surface area contributed by atoms with Crippen LogP contribution in [0.5, 0.6) is 5.75 Å². The molecule has 1 N–H and O–H groups in total. The largest absolute Gasteiger partial charge is 0.494 e. The van der Waals surface area contributed by atoms with Gasteiger partial charge >= 0.3 is 0 Å². The molecule has 1 aliphatic heterocycles. The summed E-state index contributed by atoms with van der Waals surface area (Å²) in [5.41, 5.74) is 2.07. The molecule has 1 atom stereocenters. The Hall–Kier alpha value is -2.84. The highest BCUT2D eigenvalue weighted by Crippen LogP contribution is 2.21. The highest BCUT2D eigenvalue weighted by molar-refractivity contribution is 5.96. The first kappa shape index (κ1) is 18.0. The van der Waals surface area contributed by atoms with E-state index in [-0.39, 0.29) is 11.9 Å². The van der Waals surface area contributed by atoms with Crippen LogP contribution in [-0.2, 0) is 11.3 Å². The molecule has 2 aromatic carbocycles. The zero-order valence-corrected chi connectivity index (χ0v) is 14.7. The van der Waals surface area contributed by atoms with Gasteiger partial charge in [-0.05, 0) is 36.2 Å². The van der Waals surface area contributed by atoms with E-state index >= 15 is 0 Å².